The van der Waals surface area contributed by atoms with Crippen LogP contribution in [-0.2, 0) is 4.74 Å². The Bertz CT molecular complexity index is 218. The summed E-state index contributed by atoms with van der Waals surface area (Å²) in [6, 6.07) is -0.0946. The second-order valence-corrected chi connectivity index (χ2v) is 5.60. The van der Waals surface area contributed by atoms with E-state index in [2.05, 4.69) is 23.6 Å². The van der Waals surface area contributed by atoms with Crippen LogP contribution in [0.2, 0.25) is 0 Å². The molecule has 1 aliphatic heterocycles. The zero-order valence-electron chi connectivity index (χ0n) is 12.0. The van der Waals surface area contributed by atoms with E-state index in [4.69, 9.17) is 10.5 Å². The van der Waals surface area contributed by atoms with E-state index in [1.165, 1.54) is 0 Å². The summed E-state index contributed by atoms with van der Waals surface area (Å²) < 4.78 is 5.08. The molecule has 0 aromatic heterocycles. The summed E-state index contributed by atoms with van der Waals surface area (Å²) in [6.07, 6.45) is 0. The highest BCUT2D eigenvalue weighted by molar-refractivity contribution is 4.85. The van der Waals surface area contributed by atoms with Crippen molar-refractivity contribution in [2.24, 2.45) is 11.7 Å². The summed E-state index contributed by atoms with van der Waals surface area (Å²) in [5.74, 6) is 0.709. The van der Waals surface area contributed by atoms with Gasteiger partial charge in [-0.1, -0.05) is 13.8 Å². The van der Waals surface area contributed by atoms with Crippen LogP contribution in [0.5, 0.6) is 0 Å². The van der Waals surface area contributed by atoms with Crippen LogP contribution >= 0.6 is 0 Å². The van der Waals surface area contributed by atoms with Gasteiger partial charge in [-0.05, 0) is 5.92 Å². The Morgan fingerprint density at radius 2 is 1.83 bits per heavy atom. The Labute approximate surface area is 111 Å². The number of aliphatic hydroxyl groups is 1. The van der Waals surface area contributed by atoms with E-state index in [9.17, 15) is 5.11 Å². The normalized spacial score (nSPS) is 22.3. The first-order valence-corrected chi connectivity index (χ1v) is 6.90. The van der Waals surface area contributed by atoms with Gasteiger partial charge in [-0.25, -0.2) is 0 Å². The van der Waals surface area contributed by atoms with Gasteiger partial charge >= 0.3 is 0 Å². The summed E-state index contributed by atoms with van der Waals surface area (Å²) in [7, 11) is 1.65. The lowest BCUT2D eigenvalue weighted by Crippen LogP contribution is -2.58. The zero-order valence-corrected chi connectivity index (χ0v) is 12.0. The van der Waals surface area contributed by atoms with Crippen LogP contribution in [0.1, 0.15) is 13.8 Å². The molecule has 0 amide bonds. The average molecular weight is 259 g/mol. The molecule has 1 saturated heterocycles. The molecular weight excluding hydrogens is 230 g/mol. The van der Waals surface area contributed by atoms with E-state index in [1.807, 2.05) is 0 Å². The fourth-order valence-electron chi connectivity index (χ4n) is 2.62. The van der Waals surface area contributed by atoms with Crippen LogP contribution in [0.3, 0.4) is 0 Å². The molecule has 0 aromatic rings. The fraction of sp³-hybridized carbons (Fsp3) is 1.00. The van der Waals surface area contributed by atoms with Gasteiger partial charge in [0.2, 0.25) is 0 Å². The predicted molar refractivity (Wildman–Crippen MR) is 73.6 cm³/mol. The minimum Gasteiger partial charge on any atom is -0.395 e. The maximum atomic E-state index is 9.50. The molecule has 1 heterocycles. The Morgan fingerprint density at radius 1 is 1.22 bits per heavy atom. The van der Waals surface area contributed by atoms with Crippen LogP contribution in [0, 0.1) is 5.92 Å². The van der Waals surface area contributed by atoms with Crippen LogP contribution in [-0.4, -0.2) is 80.0 Å². The molecule has 0 aliphatic carbocycles. The first kappa shape index (κ1) is 15.9. The number of methoxy groups -OCH3 is 1. The van der Waals surface area contributed by atoms with Gasteiger partial charge < -0.3 is 20.5 Å². The van der Waals surface area contributed by atoms with Gasteiger partial charge in [-0.15, -0.1) is 0 Å². The van der Waals surface area contributed by atoms with Gasteiger partial charge in [-0.3, -0.25) is 4.90 Å². The number of aliphatic hydroxyl groups excluding tert-OH is 1. The molecule has 0 aromatic carbocycles. The van der Waals surface area contributed by atoms with E-state index in [-0.39, 0.29) is 18.7 Å². The highest BCUT2D eigenvalue weighted by atomic mass is 16.5. The lowest BCUT2D eigenvalue weighted by atomic mass is 10.1. The second-order valence-electron chi connectivity index (χ2n) is 5.60. The van der Waals surface area contributed by atoms with E-state index in [0.717, 1.165) is 32.7 Å². The number of rotatable bonds is 7. The van der Waals surface area contributed by atoms with Crippen molar-refractivity contribution in [3.8, 4) is 0 Å². The third kappa shape index (κ3) is 4.82. The Balaban J connectivity index is 2.39. The maximum Gasteiger partial charge on any atom is 0.0629 e. The molecular formula is C13H29N3O2. The maximum absolute atomic E-state index is 9.50. The van der Waals surface area contributed by atoms with Gasteiger partial charge in [0.1, 0.15) is 0 Å². The highest BCUT2D eigenvalue weighted by Gasteiger charge is 2.27. The largest absolute Gasteiger partial charge is 0.395 e. The van der Waals surface area contributed by atoms with E-state index in [0.29, 0.717) is 12.5 Å². The number of nitrogens with two attached hydrogens (primary N) is 1. The lowest BCUT2D eigenvalue weighted by molar-refractivity contribution is 0.0332. The third-order valence-electron chi connectivity index (χ3n) is 3.54. The van der Waals surface area contributed by atoms with Crippen LogP contribution < -0.4 is 5.73 Å². The predicted octanol–water partition coefficient (Wildman–Crippen LogP) is -0.405. The minimum absolute atomic E-state index is 0.0196. The van der Waals surface area contributed by atoms with Gasteiger partial charge in [0.05, 0.1) is 19.3 Å². The van der Waals surface area contributed by atoms with Crippen LogP contribution in [0.4, 0.5) is 0 Å². The summed E-state index contributed by atoms with van der Waals surface area (Å²) in [4.78, 5) is 4.78. The smallest absolute Gasteiger partial charge is 0.0629 e. The topological polar surface area (TPSA) is 62.0 Å². The van der Waals surface area contributed by atoms with E-state index in [1.54, 1.807) is 7.11 Å². The van der Waals surface area contributed by atoms with Crippen molar-refractivity contribution in [3.05, 3.63) is 0 Å². The summed E-state index contributed by atoms with van der Waals surface area (Å²) in [5.41, 5.74) is 6.04. The molecule has 0 saturated carbocycles. The monoisotopic (exact) mass is 259 g/mol. The minimum atomic E-state index is -0.114. The lowest BCUT2D eigenvalue weighted by Gasteiger charge is -2.41. The summed E-state index contributed by atoms with van der Waals surface area (Å²) >= 11 is 0. The Hall–Kier alpha value is -0.200. The summed E-state index contributed by atoms with van der Waals surface area (Å²) in [6.45, 7) is 10.3. The molecule has 0 radical (unpaired) electrons. The quantitative estimate of drug-likeness (QED) is 0.651. The molecule has 2 atom stereocenters. The van der Waals surface area contributed by atoms with Crippen molar-refractivity contribution in [3.63, 3.8) is 0 Å². The number of nitrogens with zero attached hydrogens (tertiary/aromatic N) is 2. The Kier molecular flexibility index (Phi) is 7.11. The Morgan fingerprint density at radius 3 is 2.28 bits per heavy atom. The molecule has 1 fully saturated rings. The van der Waals surface area contributed by atoms with E-state index >= 15 is 0 Å². The molecule has 108 valence electrons. The van der Waals surface area contributed by atoms with Gasteiger partial charge in [-0.2, -0.15) is 0 Å². The first-order chi connectivity index (χ1) is 8.58. The van der Waals surface area contributed by atoms with E-state index < -0.39 is 0 Å². The van der Waals surface area contributed by atoms with Gasteiger partial charge in [0, 0.05) is 45.9 Å². The molecule has 5 heteroatoms. The number of hydrogen-bond acceptors (Lipinski definition) is 5. The van der Waals surface area contributed by atoms with Crippen molar-refractivity contribution < 1.29 is 9.84 Å². The molecule has 2 unspecified atom stereocenters. The van der Waals surface area contributed by atoms with Crippen molar-refractivity contribution in [2.45, 2.75) is 25.9 Å². The van der Waals surface area contributed by atoms with Gasteiger partial charge in [0.15, 0.2) is 0 Å². The standard InChI is InChI=1S/C13H29N3O2/c1-11(2)8-15-4-6-16(7-5-15)13(9-17)12(14)10-18-3/h11-13,17H,4-10,14H2,1-3H3. The van der Waals surface area contributed by atoms with Crippen molar-refractivity contribution in [1.29, 1.82) is 0 Å². The molecule has 1 rings (SSSR count). The SMILES string of the molecule is COCC(N)C(CO)N1CCN(CC(C)C)CC1. The number of ether oxygens (including phenoxy) is 1. The highest BCUT2D eigenvalue weighted by Crippen LogP contribution is 2.10. The fourth-order valence-corrected chi connectivity index (χ4v) is 2.62. The zero-order chi connectivity index (χ0) is 13.5. The molecule has 0 spiro atoms. The van der Waals surface area contributed by atoms with Crippen molar-refractivity contribution >= 4 is 0 Å². The summed E-state index contributed by atoms with van der Waals surface area (Å²) in [5, 5.41) is 9.50. The molecule has 0 bridgehead atoms. The average Bonchev–Trinajstić information content (AvgIpc) is 2.32. The first-order valence-electron chi connectivity index (χ1n) is 6.90. The van der Waals surface area contributed by atoms with Gasteiger partial charge in [0.25, 0.3) is 0 Å². The molecule has 3 N–H and O–H groups in total. The number of hydrogen-bond donors (Lipinski definition) is 2. The molecule has 5 nitrogen and oxygen atoms in total. The van der Waals surface area contributed by atoms with Crippen LogP contribution in [0.15, 0.2) is 0 Å². The van der Waals surface area contributed by atoms with Crippen molar-refractivity contribution in [1.82, 2.24) is 9.80 Å². The second kappa shape index (κ2) is 8.07. The molecule has 1 aliphatic rings. The third-order valence-corrected chi connectivity index (χ3v) is 3.54. The van der Waals surface area contributed by atoms with Crippen LogP contribution in [0.25, 0.3) is 0 Å². The number of piperazine rings is 1. The van der Waals surface area contributed by atoms with Crippen molar-refractivity contribution in [2.75, 3.05) is 53.0 Å². The molecule has 18 heavy (non-hydrogen) atoms.